The number of rotatable bonds is 1. The Bertz CT molecular complexity index is 437. The summed E-state index contributed by atoms with van der Waals surface area (Å²) in [6, 6.07) is 10.4. The molecular formula is C12H10IN. The number of hydrogen-bond donors (Lipinski definition) is 0. The Labute approximate surface area is 97.3 Å². The van der Waals surface area contributed by atoms with Crippen LogP contribution in [0.4, 0.5) is 0 Å². The smallest absolute Gasteiger partial charge is 0.0404 e. The van der Waals surface area contributed by atoms with Crippen LogP contribution in [0.5, 0.6) is 0 Å². The van der Waals surface area contributed by atoms with E-state index >= 15 is 0 Å². The summed E-state index contributed by atoms with van der Waals surface area (Å²) in [6.45, 7) is 2.13. The van der Waals surface area contributed by atoms with Gasteiger partial charge >= 0.3 is 0 Å². The van der Waals surface area contributed by atoms with Crippen molar-refractivity contribution in [1.29, 1.82) is 0 Å². The zero-order valence-corrected chi connectivity index (χ0v) is 10.0. The summed E-state index contributed by atoms with van der Waals surface area (Å²) in [6.07, 6.45) is 3.81. The number of benzene rings is 1. The molecule has 0 amide bonds. The zero-order chi connectivity index (χ0) is 9.97. The van der Waals surface area contributed by atoms with Gasteiger partial charge in [-0.15, -0.1) is 0 Å². The molecule has 0 atom stereocenters. The third kappa shape index (κ3) is 1.80. The number of pyridine rings is 1. The van der Waals surface area contributed by atoms with E-state index in [2.05, 4.69) is 58.8 Å². The predicted molar refractivity (Wildman–Crippen MR) is 67.1 cm³/mol. The molecule has 1 nitrogen and oxygen atoms in total. The molecule has 0 N–H and O–H groups in total. The summed E-state index contributed by atoms with van der Waals surface area (Å²) in [5.74, 6) is 0. The topological polar surface area (TPSA) is 12.9 Å². The molecule has 0 saturated heterocycles. The van der Waals surface area contributed by atoms with Gasteiger partial charge in [0, 0.05) is 21.5 Å². The van der Waals surface area contributed by atoms with Crippen molar-refractivity contribution in [3.63, 3.8) is 0 Å². The Morgan fingerprint density at radius 1 is 1.07 bits per heavy atom. The molecule has 1 heterocycles. The van der Waals surface area contributed by atoms with E-state index < -0.39 is 0 Å². The molecule has 0 spiro atoms. The number of aromatic nitrogens is 1. The van der Waals surface area contributed by atoms with Crippen molar-refractivity contribution >= 4 is 22.6 Å². The lowest BCUT2D eigenvalue weighted by Gasteiger charge is -2.06. The molecule has 0 aliphatic carbocycles. The molecule has 1 aromatic heterocycles. The summed E-state index contributed by atoms with van der Waals surface area (Å²) in [5.41, 5.74) is 3.75. The van der Waals surface area contributed by atoms with Gasteiger partial charge in [0.05, 0.1) is 0 Å². The molecule has 0 aliphatic heterocycles. The maximum absolute atomic E-state index is 4.21. The van der Waals surface area contributed by atoms with Crippen molar-refractivity contribution in [2.24, 2.45) is 0 Å². The lowest BCUT2D eigenvalue weighted by atomic mass is 10.0. The Kier molecular flexibility index (Phi) is 2.82. The second-order valence-electron chi connectivity index (χ2n) is 3.16. The van der Waals surface area contributed by atoms with Crippen LogP contribution in [0.3, 0.4) is 0 Å². The van der Waals surface area contributed by atoms with Crippen molar-refractivity contribution < 1.29 is 0 Å². The highest BCUT2D eigenvalue weighted by Gasteiger charge is 2.03. The molecule has 1 aromatic carbocycles. The van der Waals surface area contributed by atoms with Crippen LogP contribution in [-0.2, 0) is 0 Å². The van der Waals surface area contributed by atoms with E-state index in [4.69, 9.17) is 0 Å². The predicted octanol–water partition coefficient (Wildman–Crippen LogP) is 3.66. The highest BCUT2D eigenvalue weighted by atomic mass is 127. The second-order valence-corrected chi connectivity index (χ2v) is 4.32. The average Bonchev–Trinajstić information content (AvgIpc) is 2.23. The van der Waals surface area contributed by atoms with Gasteiger partial charge in [-0.3, -0.25) is 4.98 Å². The maximum atomic E-state index is 4.21. The van der Waals surface area contributed by atoms with E-state index in [1.165, 1.54) is 20.3 Å². The normalized spacial score (nSPS) is 10.1. The monoisotopic (exact) mass is 295 g/mol. The van der Waals surface area contributed by atoms with Crippen LogP contribution in [0.25, 0.3) is 11.1 Å². The minimum Gasteiger partial charge on any atom is -0.263 e. The molecule has 70 valence electrons. The maximum Gasteiger partial charge on any atom is 0.0404 e. The van der Waals surface area contributed by atoms with Gasteiger partial charge < -0.3 is 0 Å². The highest BCUT2D eigenvalue weighted by Crippen LogP contribution is 2.24. The third-order valence-electron chi connectivity index (χ3n) is 2.24. The molecule has 0 radical (unpaired) electrons. The Morgan fingerprint density at radius 2 is 1.79 bits per heavy atom. The zero-order valence-electron chi connectivity index (χ0n) is 7.87. The van der Waals surface area contributed by atoms with Crippen molar-refractivity contribution in [2.45, 2.75) is 6.92 Å². The first-order valence-corrected chi connectivity index (χ1v) is 5.52. The number of halogens is 1. The Balaban J connectivity index is 2.58. The molecule has 0 unspecified atom stereocenters. The molecule has 2 rings (SSSR count). The van der Waals surface area contributed by atoms with Gasteiger partial charge in [-0.25, -0.2) is 0 Å². The van der Waals surface area contributed by atoms with Gasteiger partial charge in [0.2, 0.25) is 0 Å². The van der Waals surface area contributed by atoms with Gasteiger partial charge in [-0.05, 0) is 40.6 Å². The molecular weight excluding hydrogens is 285 g/mol. The summed E-state index contributed by atoms with van der Waals surface area (Å²) in [4.78, 5) is 4.21. The van der Waals surface area contributed by atoms with Crippen molar-refractivity contribution in [2.75, 3.05) is 0 Å². The first-order valence-electron chi connectivity index (χ1n) is 4.44. The van der Waals surface area contributed by atoms with Gasteiger partial charge in [-0.1, -0.05) is 30.3 Å². The van der Waals surface area contributed by atoms with Crippen LogP contribution in [0, 0.1) is 10.5 Å². The fourth-order valence-electron chi connectivity index (χ4n) is 1.41. The van der Waals surface area contributed by atoms with Crippen LogP contribution in [-0.4, -0.2) is 4.98 Å². The van der Waals surface area contributed by atoms with E-state index in [9.17, 15) is 0 Å². The van der Waals surface area contributed by atoms with E-state index in [0.717, 1.165) is 0 Å². The first kappa shape index (κ1) is 9.65. The van der Waals surface area contributed by atoms with Crippen molar-refractivity contribution in [3.05, 3.63) is 51.9 Å². The third-order valence-corrected chi connectivity index (χ3v) is 3.33. The van der Waals surface area contributed by atoms with Crippen LogP contribution >= 0.6 is 22.6 Å². The quantitative estimate of drug-likeness (QED) is 0.732. The second kappa shape index (κ2) is 4.09. The standard InChI is InChI=1S/C12H10IN/c1-9-11(7-14-8-12(9)13)10-5-3-2-4-6-10/h2-8H,1H3. The fourth-order valence-corrected chi connectivity index (χ4v) is 1.86. The van der Waals surface area contributed by atoms with Crippen molar-refractivity contribution in [3.8, 4) is 11.1 Å². The summed E-state index contributed by atoms with van der Waals surface area (Å²) >= 11 is 2.31. The summed E-state index contributed by atoms with van der Waals surface area (Å²) in [7, 11) is 0. The molecule has 2 aromatic rings. The Morgan fingerprint density at radius 3 is 2.50 bits per heavy atom. The van der Waals surface area contributed by atoms with E-state index in [1.54, 1.807) is 0 Å². The molecule has 0 saturated carbocycles. The van der Waals surface area contributed by atoms with E-state index in [-0.39, 0.29) is 0 Å². The first-order chi connectivity index (χ1) is 6.79. The average molecular weight is 295 g/mol. The van der Waals surface area contributed by atoms with Crippen LogP contribution in [0.1, 0.15) is 5.56 Å². The minimum atomic E-state index is 1.21. The van der Waals surface area contributed by atoms with Crippen LogP contribution in [0.15, 0.2) is 42.7 Å². The lowest BCUT2D eigenvalue weighted by molar-refractivity contribution is 1.26. The van der Waals surface area contributed by atoms with Gasteiger partial charge in [0.1, 0.15) is 0 Å². The lowest BCUT2D eigenvalue weighted by Crippen LogP contribution is -1.88. The SMILES string of the molecule is Cc1c(I)cncc1-c1ccccc1. The number of nitrogens with zero attached hydrogens (tertiary/aromatic N) is 1. The van der Waals surface area contributed by atoms with Crippen LogP contribution in [0.2, 0.25) is 0 Å². The largest absolute Gasteiger partial charge is 0.263 e. The van der Waals surface area contributed by atoms with E-state index in [1.807, 2.05) is 18.5 Å². The molecule has 14 heavy (non-hydrogen) atoms. The fraction of sp³-hybridized carbons (Fsp3) is 0.0833. The molecule has 2 heteroatoms. The molecule has 0 aliphatic rings. The van der Waals surface area contributed by atoms with Crippen LogP contribution < -0.4 is 0 Å². The highest BCUT2D eigenvalue weighted by molar-refractivity contribution is 14.1. The van der Waals surface area contributed by atoms with Gasteiger partial charge in [0.15, 0.2) is 0 Å². The summed E-state index contributed by atoms with van der Waals surface area (Å²) in [5, 5.41) is 0. The van der Waals surface area contributed by atoms with Crippen molar-refractivity contribution in [1.82, 2.24) is 4.98 Å². The van der Waals surface area contributed by atoms with Gasteiger partial charge in [0.25, 0.3) is 0 Å². The Hall–Kier alpha value is -0.900. The number of hydrogen-bond acceptors (Lipinski definition) is 1. The van der Waals surface area contributed by atoms with E-state index in [0.29, 0.717) is 0 Å². The minimum absolute atomic E-state index is 1.21. The molecule has 0 bridgehead atoms. The molecule has 0 fully saturated rings. The summed E-state index contributed by atoms with van der Waals surface area (Å²) < 4.78 is 1.21. The van der Waals surface area contributed by atoms with Gasteiger partial charge in [-0.2, -0.15) is 0 Å².